The molecule has 0 saturated carbocycles. The number of para-hydroxylation sites is 1. The number of aromatic nitrogens is 3. The molecular formula is C25H20N7+. The quantitative estimate of drug-likeness (QED) is 0.471. The molecule has 2 aromatic heterocycles. The first-order chi connectivity index (χ1) is 15.5. The van der Waals surface area contributed by atoms with Crippen LogP contribution in [-0.2, 0) is 0 Å². The predicted octanol–water partition coefficient (Wildman–Crippen LogP) is 4.46. The molecule has 2 heterocycles. The van der Waals surface area contributed by atoms with Crippen molar-refractivity contribution in [2.75, 3.05) is 11.1 Å². The Labute approximate surface area is 185 Å². The number of pyridine rings is 1. The molecule has 4 rings (SSSR count). The SMILES string of the molecule is Cc1cc(/C=C/C#N)cc(C)c1-c1cccc2c(N)[nH+]c(Nc3ccc(C#N)nc3)nc12. The van der Waals surface area contributed by atoms with Gasteiger partial charge in [-0.05, 0) is 60.4 Å². The Morgan fingerprint density at radius 3 is 2.53 bits per heavy atom. The minimum absolute atomic E-state index is 0.340. The van der Waals surface area contributed by atoms with E-state index in [0.29, 0.717) is 23.1 Å². The molecule has 0 radical (unpaired) electrons. The third-order valence-corrected chi connectivity index (χ3v) is 5.12. The van der Waals surface area contributed by atoms with E-state index in [9.17, 15) is 0 Å². The number of rotatable bonds is 4. The van der Waals surface area contributed by atoms with Gasteiger partial charge in [0.05, 0.1) is 17.7 Å². The molecule has 4 aromatic rings. The molecule has 0 amide bonds. The number of nitrogens with one attached hydrogen (secondary N) is 2. The Balaban J connectivity index is 1.83. The van der Waals surface area contributed by atoms with Crippen molar-refractivity contribution in [3.8, 4) is 23.3 Å². The second-order valence-corrected chi connectivity index (χ2v) is 7.36. The number of nitrogen functional groups attached to an aromatic ring is 1. The highest BCUT2D eigenvalue weighted by atomic mass is 15.1. The lowest BCUT2D eigenvalue weighted by Gasteiger charge is -2.13. The zero-order chi connectivity index (χ0) is 22.7. The zero-order valence-corrected chi connectivity index (χ0v) is 17.6. The van der Waals surface area contributed by atoms with Crippen molar-refractivity contribution in [2.45, 2.75) is 13.8 Å². The average Bonchev–Trinajstić information content (AvgIpc) is 2.78. The number of aryl methyl sites for hydroxylation is 2. The summed E-state index contributed by atoms with van der Waals surface area (Å²) in [5, 5.41) is 21.7. The second kappa shape index (κ2) is 8.55. The fraction of sp³-hybridized carbons (Fsp3) is 0.0800. The molecule has 7 nitrogen and oxygen atoms in total. The molecule has 0 saturated heterocycles. The number of hydrogen-bond acceptors (Lipinski definition) is 6. The van der Waals surface area contributed by atoms with Gasteiger partial charge in [-0.15, -0.1) is 4.98 Å². The molecular weight excluding hydrogens is 398 g/mol. The summed E-state index contributed by atoms with van der Waals surface area (Å²) in [7, 11) is 0. The lowest BCUT2D eigenvalue weighted by Crippen LogP contribution is -2.18. The molecule has 154 valence electrons. The fourth-order valence-corrected chi connectivity index (χ4v) is 3.80. The number of hydrogen-bond donors (Lipinski definition) is 2. The van der Waals surface area contributed by atoms with Crippen molar-refractivity contribution in [1.82, 2.24) is 9.97 Å². The van der Waals surface area contributed by atoms with Gasteiger partial charge in [0.25, 0.3) is 0 Å². The molecule has 0 spiro atoms. The van der Waals surface area contributed by atoms with Crippen LogP contribution in [-0.4, -0.2) is 9.97 Å². The van der Waals surface area contributed by atoms with E-state index in [4.69, 9.17) is 21.2 Å². The Morgan fingerprint density at radius 1 is 1.09 bits per heavy atom. The standard InChI is InChI=1S/C25H19N7/c1-15-11-17(5-4-10-26)12-16(2)22(15)20-6-3-7-21-23(20)31-25(32-24(21)28)30-19-9-8-18(13-27)29-14-19/h3-9,11-12,14H,1-2H3,(H3,28,30,31,32)/p+1/b5-4+. The molecule has 0 unspecified atom stereocenters. The topological polar surface area (TPSA) is 126 Å². The number of fused-ring (bicyclic) bond motifs is 1. The van der Waals surface area contributed by atoms with Gasteiger partial charge in [-0.3, -0.25) is 5.32 Å². The van der Waals surface area contributed by atoms with Crippen molar-refractivity contribution in [3.05, 3.63) is 77.1 Å². The highest BCUT2D eigenvalue weighted by Gasteiger charge is 2.18. The molecule has 0 atom stereocenters. The van der Waals surface area contributed by atoms with E-state index < -0.39 is 0 Å². The van der Waals surface area contributed by atoms with E-state index in [-0.39, 0.29) is 0 Å². The minimum Gasteiger partial charge on any atom is -0.334 e. The van der Waals surface area contributed by atoms with Crippen molar-refractivity contribution in [2.24, 2.45) is 0 Å². The maximum absolute atomic E-state index is 8.93. The van der Waals surface area contributed by atoms with Gasteiger partial charge in [0.1, 0.15) is 23.0 Å². The monoisotopic (exact) mass is 418 g/mol. The maximum Gasteiger partial charge on any atom is 0.350 e. The minimum atomic E-state index is 0.340. The van der Waals surface area contributed by atoms with Crippen LogP contribution >= 0.6 is 0 Å². The Kier molecular flexibility index (Phi) is 5.48. The van der Waals surface area contributed by atoms with Crippen LogP contribution in [0.4, 0.5) is 17.5 Å². The van der Waals surface area contributed by atoms with E-state index >= 15 is 0 Å². The number of aromatic amines is 1. The van der Waals surface area contributed by atoms with Gasteiger partial charge in [0.15, 0.2) is 0 Å². The summed E-state index contributed by atoms with van der Waals surface area (Å²) < 4.78 is 0. The van der Waals surface area contributed by atoms with Crippen LogP contribution in [0.5, 0.6) is 0 Å². The maximum atomic E-state index is 8.93. The highest BCUT2D eigenvalue weighted by Crippen LogP contribution is 2.34. The van der Waals surface area contributed by atoms with E-state index in [1.807, 2.05) is 44.2 Å². The van der Waals surface area contributed by atoms with Gasteiger partial charge >= 0.3 is 5.95 Å². The van der Waals surface area contributed by atoms with Gasteiger partial charge in [-0.25, -0.2) is 9.97 Å². The second-order valence-electron chi connectivity index (χ2n) is 7.36. The van der Waals surface area contributed by atoms with Crippen LogP contribution in [0.3, 0.4) is 0 Å². The van der Waals surface area contributed by atoms with Crippen LogP contribution in [0.1, 0.15) is 22.4 Å². The number of H-pyrrole nitrogens is 1. The van der Waals surface area contributed by atoms with Crippen LogP contribution in [0, 0.1) is 36.5 Å². The molecule has 0 aliphatic rings. The molecule has 2 aromatic carbocycles. The van der Waals surface area contributed by atoms with E-state index in [1.54, 1.807) is 24.4 Å². The number of nitrogens with zero attached hydrogens (tertiary/aromatic N) is 4. The first-order valence-corrected chi connectivity index (χ1v) is 9.92. The predicted molar refractivity (Wildman–Crippen MR) is 125 cm³/mol. The van der Waals surface area contributed by atoms with E-state index in [2.05, 4.69) is 27.4 Å². The fourth-order valence-electron chi connectivity index (χ4n) is 3.80. The third kappa shape index (κ3) is 3.96. The van der Waals surface area contributed by atoms with Crippen molar-refractivity contribution in [3.63, 3.8) is 0 Å². The number of allylic oxidation sites excluding steroid dienone is 1. The number of nitrogens with two attached hydrogens (primary N) is 1. The highest BCUT2D eigenvalue weighted by molar-refractivity contribution is 5.99. The molecule has 0 bridgehead atoms. The summed E-state index contributed by atoms with van der Waals surface area (Å²) in [6.07, 6.45) is 4.84. The smallest absolute Gasteiger partial charge is 0.334 e. The van der Waals surface area contributed by atoms with E-state index in [1.165, 1.54) is 6.08 Å². The Bertz CT molecular complexity index is 1420. The summed E-state index contributed by atoms with van der Waals surface area (Å²) >= 11 is 0. The first-order valence-electron chi connectivity index (χ1n) is 9.92. The summed E-state index contributed by atoms with van der Waals surface area (Å²) in [4.78, 5) is 12.0. The van der Waals surface area contributed by atoms with Gasteiger partial charge < -0.3 is 5.73 Å². The molecule has 4 N–H and O–H groups in total. The average molecular weight is 418 g/mol. The number of benzene rings is 2. The van der Waals surface area contributed by atoms with Gasteiger partial charge in [-0.2, -0.15) is 10.5 Å². The van der Waals surface area contributed by atoms with Crippen LogP contribution in [0.25, 0.3) is 28.1 Å². The van der Waals surface area contributed by atoms with Crippen molar-refractivity contribution < 1.29 is 4.98 Å². The molecule has 32 heavy (non-hydrogen) atoms. The summed E-state index contributed by atoms with van der Waals surface area (Å²) in [5.74, 6) is 0.961. The van der Waals surface area contributed by atoms with Gasteiger partial charge in [0, 0.05) is 11.6 Å². The molecule has 7 heteroatoms. The van der Waals surface area contributed by atoms with Gasteiger partial charge in [-0.1, -0.05) is 24.3 Å². The molecule has 0 aliphatic carbocycles. The molecule has 0 fully saturated rings. The summed E-state index contributed by atoms with van der Waals surface area (Å²) in [6.45, 7) is 4.09. The Morgan fingerprint density at radius 2 is 1.88 bits per heavy atom. The largest absolute Gasteiger partial charge is 0.350 e. The zero-order valence-electron chi connectivity index (χ0n) is 17.6. The molecule has 0 aliphatic heterocycles. The number of nitriles is 2. The normalized spacial score (nSPS) is 10.8. The van der Waals surface area contributed by atoms with Crippen molar-refractivity contribution in [1.29, 1.82) is 10.5 Å². The number of anilines is 3. The van der Waals surface area contributed by atoms with Crippen LogP contribution in [0.15, 0.2) is 54.7 Å². The lowest BCUT2D eigenvalue weighted by atomic mass is 9.92. The lowest BCUT2D eigenvalue weighted by molar-refractivity contribution is -0.344. The van der Waals surface area contributed by atoms with Crippen molar-refractivity contribution >= 4 is 34.4 Å². The summed E-state index contributed by atoms with van der Waals surface area (Å²) in [5.41, 5.74) is 13.3. The summed E-state index contributed by atoms with van der Waals surface area (Å²) in [6, 6.07) is 17.4. The van der Waals surface area contributed by atoms with Crippen LogP contribution in [0.2, 0.25) is 0 Å². The Hall–Kier alpha value is -4.75. The van der Waals surface area contributed by atoms with E-state index in [0.717, 1.165) is 38.7 Å². The third-order valence-electron chi connectivity index (χ3n) is 5.12. The first kappa shape index (κ1) is 20.5. The van der Waals surface area contributed by atoms with Gasteiger partial charge in [0.2, 0.25) is 5.82 Å². The van der Waals surface area contributed by atoms with Crippen LogP contribution < -0.4 is 16.0 Å².